The molecule has 0 amide bonds. The molecule has 2 aliphatic rings. The van der Waals surface area contributed by atoms with Crippen LogP contribution >= 0.6 is 0 Å². The number of fused-ring (bicyclic) bond motifs is 5. The molecule has 0 atom stereocenters. The molecule has 320 valence electrons. The average molecular weight is 846 g/mol. The second-order valence-corrected chi connectivity index (χ2v) is 19.9. The van der Waals surface area contributed by atoms with Crippen LogP contribution in [0.4, 0.5) is 11.4 Å². The van der Waals surface area contributed by atoms with Crippen LogP contribution in [0, 0.1) is 0 Å². The van der Waals surface area contributed by atoms with Crippen molar-refractivity contribution >= 4 is 55.6 Å². The summed E-state index contributed by atoms with van der Waals surface area (Å²) in [6, 6.07) is 68.6. The van der Waals surface area contributed by atoms with Gasteiger partial charge in [0.2, 0.25) is 0 Å². The Morgan fingerprint density at radius 3 is 1.28 bits per heavy atom. The number of rotatable bonds is 7. The van der Waals surface area contributed by atoms with E-state index in [0.717, 1.165) is 39.9 Å². The summed E-state index contributed by atoms with van der Waals surface area (Å²) in [5.74, 6) is 2.01. The monoisotopic (exact) mass is 845 g/mol. The van der Waals surface area contributed by atoms with Crippen molar-refractivity contribution in [3.63, 3.8) is 0 Å². The smallest absolute Gasteiger partial charge is 0.136 e. The molecule has 1 aromatic heterocycles. The number of hydrogen-bond acceptors (Lipinski definition) is 4. The first-order valence-electron chi connectivity index (χ1n) is 22.9. The van der Waals surface area contributed by atoms with E-state index in [9.17, 15) is 0 Å². The van der Waals surface area contributed by atoms with Crippen LogP contribution in [0.5, 0.6) is 0 Å². The normalized spacial score (nSPS) is 17.2. The van der Waals surface area contributed by atoms with Crippen molar-refractivity contribution in [1.82, 2.24) is 4.57 Å². The molecule has 5 nitrogen and oxygen atoms in total. The molecule has 0 saturated heterocycles. The second kappa shape index (κ2) is 14.6. The van der Waals surface area contributed by atoms with Crippen LogP contribution < -0.4 is 9.80 Å². The summed E-state index contributed by atoms with van der Waals surface area (Å²) in [6.45, 7) is 18.2. The maximum atomic E-state index is 5.34. The van der Waals surface area contributed by atoms with Crippen molar-refractivity contribution in [1.29, 1.82) is 0 Å². The molecule has 65 heavy (non-hydrogen) atoms. The molecular weight excluding hydrogens is 791 g/mol. The predicted octanol–water partition coefficient (Wildman–Crippen LogP) is 14.9. The van der Waals surface area contributed by atoms with Gasteiger partial charge in [-0.25, -0.2) is 0 Å². The third-order valence-corrected chi connectivity index (χ3v) is 15.0. The SMILES string of the molecule is CC1(C)N=C(c2ccccc2)N(c2cccc(-c3ccc4c(ccc5c6ccc(-c7cccc(N8C(c9ccccc9)=NC(C)(C)C8(C)C)c7)cc6n(-c6ccccc6)c45)c3)c2)C1(C)C. The van der Waals surface area contributed by atoms with Gasteiger partial charge in [0.25, 0.3) is 0 Å². The highest BCUT2D eigenvalue weighted by atomic mass is 15.3. The molecule has 0 N–H and O–H groups in total. The minimum Gasteiger partial charge on any atom is -0.318 e. The Morgan fingerprint density at radius 1 is 0.338 bits per heavy atom. The number of aromatic nitrogens is 1. The highest BCUT2D eigenvalue weighted by Crippen LogP contribution is 2.46. The van der Waals surface area contributed by atoms with Gasteiger partial charge in [-0.1, -0.05) is 140 Å². The minimum atomic E-state index is -0.290. The van der Waals surface area contributed by atoms with Gasteiger partial charge in [-0.05, 0) is 132 Å². The highest BCUT2D eigenvalue weighted by Gasteiger charge is 2.51. The van der Waals surface area contributed by atoms with Gasteiger partial charge in [0, 0.05) is 44.3 Å². The number of para-hydroxylation sites is 1. The standard InChI is InChI=1S/C60H55N5/c1-57(2)59(5,6)64(55(61-57)40-20-12-9-13-21-40)48-28-18-24-42(37-48)44-30-33-50-46(36-44)32-35-52-51-34-31-45(39-53(51)63(54(50)52)47-26-16-11-17-27-47)43-25-19-29-49(38-43)65-56(41-22-14-10-15-23-41)62-58(3,4)60(65,7)8/h9-39H,1-8H3. The second-order valence-electron chi connectivity index (χ2n) is 19.9. The molecule has 8 aromatic carbocycles. The Kier molecular flexibility index (Phi) is 9.13. The molecule has 0 fully saturated rings. The van der Waals surface area contributed by atoms with Gasteiger partial charge in [-0.2, -0.15) is 0 Å². The summed E-state index contributed by atoms with van der Waals surface area (Å²) in [5.41, 5.74) is 11.7. The molecule has 0 aliphatic carbocycles. The lowest BCUT2D eigenvalue weighted by molar-refractivity contribution is 0.338. The summed E-state index contributed by atoms with van der Waals surface area (Å²) in [5, 5.41) is 4.89. The summed E-state index contributed by atoms with van der Waals surface area (Å²) < 4.78 is 2.47. The Morgan fingerprint density at radius 2 is 0.754 bits per heavy atom. The summed E-state index contributed by atoms with van der Waals surface area (Å²) in [6.07, 6.45) is 0. The van der Waals surface area contributed by atoms with E-state index in [-0.39, 0.29) is 22.2 Å². The van der Waals surface area contributed by atoms with Gasteiger partial charge in [-0.15, -0.1) is 0 Å². The summed E-state index contributed by atoms with van der Waals surface area (Å²) in [4.78, 5) is 15.5. The quantitative estimate of drug-likeness (QED) is 0.160. The third-order valence-electron chi connectivity index (χ3n) is 15.0. The number of benzene rings is 8. The third kappa shape index (κ3) is 6.35. The van der Waals surface area contributed by atoms with Crippen LogP contribution in [0.2, 0.25) is 0 Å². The zero-order chi connectivity index (χ0) is 44.9. The molecule has 2 aliphatic heterocycles. The van der Waals surface area contributed by atoms with E-state index in [2.05, 4.69) is 258 Å². The first kappa shape index (κ1) is 40.5. The topological polar surface area (TPSA) is 36.1 Å². The van der Waals surface area contributed by atoms with Crippen molar-refractivity contribution in [2.75, 3.05) is 9.80 Å². The number of hydrogen-bond donors (Lipinski definition) is 0. The highest BCUT2D eigenvalue weighted by molar-refractivity contribution is 6.20. The van der Waals surface area contributed by atoms with Crippen molar-refractivity contribution in [2.24, 2.45) is 9.98 Å². The zero-order valence-electron chi connectivity index (χ0n) is 38.6. The van der Waals surface area contributed by atoms with Crippen LogP contribution in [0.1, 0.15) is 66.5 Å². The number of aliphatic imine (C=N–C) groups is 2. The van der Waals surface area contributed by atoms with Crippen molar-refractivity contribution in [3.8, 4) is 27.9 Å². The maximum absolute atomic E-state index is 5.34. The fourth-order valence-corrected chi connectivity index (χ4v) is 10.1. The Balaban J connectivity index is 1.02. The van der Waals surface area contributed by atoms with E-state index in [4.69, 9.17) is 9.98 Å². The van der Waals surface area contributed by atoms with Crippen molar-refractivity contribution in [3.05, 3.63) is 199 Å². The molecule has 3 heterocycles. The molecular formula is C60H55N5. The molecule has 5 heteroatoms. The fraction of sp³-hybridized carbons (Fsp3) is 0.200. The molecule has 0 spiro atoms. The molecule has 9 aromatic rings. The Labute approximate surface area is 383 Å². The van der Waals surface area contributed by atoms with Gasteiger partial charge in [0.05, 0.1) is 33.2 Å². The van der Waals surface area contributed by atoms with E-state index >= 15 is 0 Å². The van der Waals surface area contributed by atoms with Crippen LogP contribution in [0.25, 0.3) is 60.5 Å². The molecule has 0 unspecified atom stereocenters. The largest absolute Gasteiger partial charge is 0.318 e. The Bertz CT molecular complexity index is 3370. The minimum absolute atomic E-state index is 0.248. The van der Waals surface area contributed by atoms with Crippen LogP contribution in [0.3, 0.4) is 0 Å². The van der Waals surface area contributed by atoms with Gasteiger partial charge < -0.3 is 14.4 Å². The van der Waals surface area contributed by atoms with E-state index in [1.807, 2.05) is 0 Å². The Hall–Kier alpha value is -7.24. The lowest BCUT2D eigenvalue weighted by Gasteiger charge is -2.41. The van der Waals surface area contributed by atoms with E-state index in [1.165, 1.54) is 54.8 Å². The van der Waals surface area contributed by atoms with Gasteiger partial charge in [-0.3, -0.25) is 9.98 Å². The zero-order valence-corrected chi connectivity index (χ0v) is 38.6. The van der Waals surface area contributed by atoms with E-state index < -0.39 is 0 Å². The predicted molar refractivity (Wildman–Crippen MR) is 276 cm³/mol. The van der Waals surface area contributed by atoms with E-state index in [0.29, 0.717) is 0 Å². The molecule has 0 radical (unpaired) electrons. The van der Waals surface area contributed by atoms with Gasteiger partial charge >= 0.3 is 0 Å². The fourth-order valence-electron chi connectivity index (χ4n) is 10.1. The first-order chi connectivity index (χ1) is 31.2. The number of amidine groups is 2. The summed E-state index contributed by atoms with van der Waals surface area (Å²) >= 11 is 0. The summed E-state index contributed by atoms with van der Waals surface area (Å²) in [7, 11) is 0. The lowest BCUT2D eigenvalue weighted by atomic mass is 9.82. The van der Waals surface area contributed by atoms with Crippen molar-refractivity contribution < 1.29 is 0 Å². The lowest BCUT2D eigenvalue weighted by Crippen LogP contribution is -2.53. The number of anilines is 2. The average Bonchev–Trinajstić information content (AvgIpc) is 3.83. The van der Waals surface area contributed by atoms with E-state index in [1.54, 1.807) is 0 Å². The van der Waals surface area contributed by atoms with Gasteiger partial charge in [0.15, 0.2) is 0 Å². The maximum Gasteiger partial charge on any atom is 0.136 e. The number of nitrogens with zero attached hydrogens (tertiary/aromatic N) is 5. The van der Waals surface area contributed by atoms with Crippen LogP contribution in [-0.4, -0.2) is 38.4 Å². The van der Waals surface area contributed by atoms with Gasteiger partial charge in [0.1, 0.15) is 11.7 Å². The van der Waals surface area contributed by atoms with Crippen LogP contribution in [-0.2, 0) is 0 Å². The van der Waals surface area contributed by atoms with Crippen LogP contribution in [0.15, 0.2) is 198 Å². The molecule has 0 bridgehead atoms. The molecule has 11 rings (SSSR count). The molecule has 0 saturated carbocycles. The van der Waals surface area contributed by atoms with Crippen molar-refractivity contribution in [2.45, 2.75) is 77.5 Å². The first-order valence-corrected chi connectivity index (χ1v) is 22.9.